The third-order valence-corrected chi connectivity index (χ3v) is 3.42. The van der Waals surface area contributed by atoms with Gasteiger partial charge in [0.25, 0.3) is 0 Å². The standard InChI is InChI=1S/C17H21NOS/c1-12(2)10-19-16-6-4-5-14(9-16)17-8-7-15(11-20)13(3)18-17/h4-9,12,20H,10-11H2,1-3H3. The first-order valence-corrected chi connectivity index (χ1v) is 7.54. The fraction of sp³-hybridized carbons (Fsp3) is 0.353. The van der Waals surface area contributed by atoms with Crippen LogP contribution in [0.4, 0.5) is 0 Å². The van der Waals surface area contributed by atoms with Crippen molar-refractivity contribution < 1.29 is 4.74 Å². The highest BCUT2D eigenvalue weighted by atomic mass is 32.1. The smallest absolute Gasteiger partial charge is 0.119 e. The molecule has 0 aliphatic carbocycles. The second kappa shape index (κ2) is 6.80. The first-order valence-electron chi connectivity index (χ1n) is 6.90. The van der Waals surface area contributed by atoms with Gasteiger partial charge in [0.2, 0.25) is 0 Å². The largest absolute Gasteiger partial charge is 0.493 e. The molecule has 0 N–H and O–H groups in total. The first-order chi connectivity index (χ1) is 9.60. The van der Waals surface area contributed by atoms with Crippen LogP contribution in [0.1, 0.15) is 25.1 Å². The summed E-state index contributed by atoms with van der Waals surface area (Å²) in [4.78, 5) is 4.65. The van der Waals surface area contributed by atoms with Crippen LogP contribution >= 0.6 is 12.6 Å². The lowest BCUT2D eigenvalue weighted by Crippen LogP contribution is -2.04. The van der Waals surface area contributed by atoms with Crippen molar-refractivity contribution in [2.75, 3.05) is 6.61 Å². The van der Waals surface area contributed by atoms with Gasteiger partial charge in [-0.15, -0.1) is 0 Å². The summed E-state index contributed by atoms with van der Waals surface area (Å²) < 4.78 is 5.76. The van der Waals surface area contributed by atoms with Gasteiger partial charge in [-0.1, -0.05) is 32.0 Å². The Kier molecular flexibility index (Phi) is 5.07. The molecule has 0 radical (unpaired) electrons. The minimum Gasteiger partial charge on any atom is -0.493 e. The van der Waals surface area contributed by atoms with E-state index in [2.05, 4.69) is 43.6 Å². The van der Waals surface area contributed by atoms with Gasteiger partial charge in [0, 0.05) is 17.0 Å². The lowest BCUT2D eigenvalue weighted by Gasteiger charge is -2.10. The summed E-state index contributed by atoms with van der Waals surface area (Å²) in [5, 5.41) is 0. The molecule has 2 rings (SSSR count). The number of aryl methyl sites for hydroxylation is 1. The average molecular weight is 287 g/mol. The highest BCUT2D eigenvalue weighted by Gasteiger charge is 2.05. The van der Waals surface area contributed by atoms with E-state index < -0.39 is 0 Å². The van der Waals surface area contributed by atoms with Crippen molar-refractivity contribution in [2.45, 2.75) is 26.5 Å². The Hall–Kier alpha value is -1.48. The van der Waals surface area contributed by atoms with Crippen molar-refractivity contribution in [3.63, 3.8) is 0 Å². The number of benzene rings is 1. The van der Waals surface area contributed by atoms with Gasteiger partial charge in [-0.25, -0.2) is 0 Å². The molecule has 20 heavy (non-hydrogen) atoms. The summed E-state index contributed by atoms with van der Waals surface area (Å²) in [5.74, 6) is 2.14. The van der Waals surface area contributed by atoms with E-state index in [9.17, 15) is 0 Å². The van der Waals surface area contributed by atoms with Gasteiger partial charge in [-0.3, -0.25) is 4.98 Å². The lowest BCUT2D eigenvalue weighted by molar-refractivity contribution is 0.271. The van der Waals surface area contributed by atoms with Crippen LogP contribution in [-0.4, -0.2) is 11.6 Å². The highest BCUT2D eigenvalue weighted by molar-refractivity contribution is 7.79. The number of rotatable bonds is 5. The number of ether oxygens (including phenoxy) is 1. The Balaban J connectivity index is 2.24. The van der Waals surface area contributed by atoms with Crippen LogP contribution in [0.2, 0.25) is 0 Å². The predicted octanol–water partition coefficient (Wildman–Crippen LogP) is 4.52. The zero-order valence-corrected chi connectivity index (χ0v) is 13.2. The van der Waals surface area contributed by atoms with Crippen molar-refractivity contribution in [1.82, 2.24) is 4.98 Å². The Bertz CT molecular complexity index is 581. The zero-order valence-electron chi connectivity index (χ0n) is 12.3. The molecule has 0 atom stereocenters. The Labute approximate surface area is 126 Å². The summed E-state index contributed by atoms with van der Waals surface area (Å²) in [5.41, 5.74) is 4.26. The quantitative estimate of drug-likeness (QED) is 0.817. The van der Waals surface area contributed by atoms with E-state index in [-0.39, 0.29) is 0 Å². The SMILES string of the molecule is Cc1nc(-c2cccc(OCC(C)C)c2)ccc1CS. The molecule has 0 aliphatic heterocycles. The van der Waals surface area contributed by atoms with Crippen molar-refractivity contribution in [3.05, 3.63) is 47.7 Å². The third-order valence-electron chi connectivity index (χ3n) is 3.08. The first kappa shape index (κ1) is 14.9. The molecule has 0 amide bonds. The summed E-state index contributed by atoms with van der Waals surface area (Å²) >= 11 is 4.30. The molecule has 0 spiro atoms. The van der Waals surface area contributed by atoms with Crippen molar-refractivity contribution in [1.29, 1.82) is 0 Å². The maximum Gasteiger partial charge on any atom is 0.119 e. The van der Waals surface area contributed by atoms with Crippen LogP contribution in [0.25, 0.3) is 11.3 Å². The Morgan fingerprint density at radius 3 is 2.65 bits per heavy atom. The molecule has 3 heteroatoms. The Morgan fingerprint density at radius 1 is 1.20 bits per heavy atom. The molecule has 1 aromatic carbocycles. The Morgan fingerprint density at radius 2 is 2.00 bits per heavy atom. The molecule has 0 unspecified atom stereocenters. The fourth-order valence-electron chi connectivity index (χ4n) is 1.93. The van der Waals surface area contributed by atoms with Crippen LogP contribution < -0.4 is 4.74 Å². The van der Waals surface area contributed by atoms with Crippen molar-refractivity contribution in [2.24, 2.45) is 5.92 Å². The van der Waals surface area contributed by atoms with Crippen LogP contribution in [0.5, 0.6) is 5.75 Å². The summed E-state index contributed by atoms with van der Waals surface area (Å²) in [6.07, 6.45) is 0. The predicted molar refractivity (Wildman–Crippen MR) is 87.4 cm³/mol. The molecule has 0 saturated heterocycles. The molecule has 0 saturated carbocycles. The van der Waals surface area contributed by atoms with E-state index in [0.717, 1.165) is 35.1 Å². The molecule has 2 aromatic rings. The number of pyridine rings is 1. The van der Waals surface area contributed by atoms with Crippen LogP contribution in [-0.2, 0) is 5.75 Å². The van der Waals surface area contributed by atoms with E-state index in [1.165, 1.54) is 5.56 Å². The highest BCUT2D eigenvalue weighted by Crippen LogP contribution is 2.24. The zero-order chi connectivity index (χ0) is 14.5. The molecular formula is C17H21NOS. The number of hydrogen-bond donors (Lipinski definition) is 1. The second-order valence-corrected chi connectivity index (χ2v) is 5.65. The summed E-state index contributed by atoms with van der Waals surface area (Å²) in [6, 6.07) is 12.2. The number of hydrogen-bond acceptors (Lipinski definition) is 3. The molecule has 106 valence electrons. The van der Waals surface area contributed by atoms with Crippen LogP contribution in [0, 0.1) is 12.8 Å². The average Bonchev–Trinajstić information content (AvgIpc) is 2.45. The van der Waals surface area contributed by atoms with E-state index >= 15 is 0 Å². The molecular weight excluding hydrogens is 266 g/mol. The monoisotopic (exact) mass is 287 g/mol. The molecule has 2 nitrogen and oxygen atoms in total. The maximum absolute atomic E-state index is 5.76. The van der Waals surface area contributed by atoms with Crippen molar-refractivity contribution >= 4 is 12.6 Å². The van der Waals surface area contributed by atoms with Gasteiger partial charge in [0.15, 0.2) is 0 Å². The molecule has 0 aliphatic rings. The van der Waals surface area contributed by atoms with Gasteiger partial charge in [-0.05, 0) is 36.6 Å². The molecule has 0 fully saturated rings. The van der Waals surface area contributed by atoms with Gasteiger partial charge >= 0.3 is 0 Å². The topological polar surface area (TPSA) is 22.1 Å². The van der Waals surface area contributed by atoms with E-state index in [0.29, 0.717) is 5.92 Å². The van der Waals surface area contributed by atoms with Gasteiger partial charge in [0.1, 0.15) is 5.75 Å². The van der Waals surface area contributed by atoms with Gasteiger partial charge in [-0.2, -0.15) is 12.6 Å². The van der Waals surface area contributed by atoms with Crippen molar-refractivity contribution in [3.8, 4) is 17.0 Å². The maximum atomic E-state index is 5.76. The number of aromatic nitrogens is 1. The van der Waals surface area contributed by atoms with Gasteiger partial charge < -0.3 is 4.74 Å². The van der Waals surface area contributed by atoms with E-state index in [4.69, 9.17) is 4.74 Å². The third kappa shape index (κ3) is 3.76. The van der Waals surface area contributed by atoms with E-state index in [1.807, 2.05) is 31.2 Å². The number of nitrogens with zero attached hydrogens (tertiary/aromatic N) is 1. The summed E-state index contributed by atoms with van der Waals surface area (Å²) in [7, 11) is 0. The molecule has 1 heterocycles. The van der Waals surface area contributed by atoms with Gasteiger partial charge in [0.05, 0.1) is 12.3 Å². The normalized spacial score (nSPS) is 10.8. The lowest BCUT2D eigenvalue weighted by atomic mass is 10.1. The van der Waals surface area contributed by atoms with Crippen LogP contribution in [0.15, 0.2) is 36.4 Å². The molecule has 0 bridgehead atoms. The minimum atomic E-state index is 0.522. The molecule has 1 aromatic heterocycles. The van der Waals surface area contributed by atoms with E-state index in [1.54, 1.807) is 0 Å². The number of thiol groups is 1. The van der Waals surface area contributed by atoms with Crippen LogP contribution in [0.3, 0.4) is 0 Å². The minimum absolute atomic E-state index is 0.522. The fourth-order valence-corrected chi connectivity index (χ4v) is 2.26. The second-order valence-electron chi connectivity index (χ2n) is 5.33. The summed E-state index contributed by atoms with van der Waals surface area (Å²) in [6.45, 7) is 7.04.